The Morgan fingerprint density at radius 1 is 1.05 bits per heavy atom. The number of rotatable bonds is 8. The molecule has 0 radical (unpaired) electrons. The molecule has 1 unspecified atom stereocenters. The van der Waals surface area contributed by atoms with Crippen molar-refractivity contribution in [3.05, 3.63) is 23.8 Å². The number of carbonyl (C=O) groups is 1. The van der Waals surface area contributed by atoms with Crippen LogP contribution in [-0.4, -0.2) is 34.0 Å². The highest BCUT2D eigenvalue weighted by molar-refractivity contribution is 5.75. The van der Waals surface area contributed by atoms with Gasteiger partial charge in [0.25, 0.3) is 0 Å². The molecule has 4 saturated carbocycles. The molecule has 222 valence electrons. The summed E-state index contributed by atoms with van der Waals surface area (Å²) >= 11 is 0. The predicted molar refractivity (Wildman–Crippen MR) is 159 cm³/mol. The van der Waals surface area contributed by atoms with Crippen LogP contribution in [0.3, 0.4) is 0 Å². The van der Waals surface area contributed by atoms with Gasteiger partial charge in [0.1, 0.15) is 0 Å². The van der Waals surface area contributed by atoms with E-state index in [2.05, 4.69) is 40.3 Å². The van der Waals surface area contributed by atoms with Gasteiger partial charge in [0, 0.05) is 0 Å². The second-order valence-corrected chi connectivity index (χ2v) is 15.8. The normalized spacial score (nSPS) is 43.5. The highest BCUT2D eigenvalue weighted by Crippen LogP contribution is 2.62. The highest BCUT2D eigenvalue weighted by atomic mass is 16.5. The first kappa shape index (κ1) is 30.8. The first-order chi connectivity index (χ1) is 18.1. The topological polar surface area (TPSA) is 66.8 Å². The third-order valence-electron chi connectivity index (χ3n) is 12.8. The number of aliphatic carboxylic acids is 1. The van der Waals surface area contributed by atoms with Crippen LogP contribution in [0.2, 0.25) is 0 Å². The van der Waals surface area contributed by atoms with Gasteiger partial charge in [-0.3, -0.25) is 4.79 Å². The number of hydrogen-bond donors (Lipinski definition) is 2. The number of fused-ring (bicyclic) bond motifs is 2. The summed E-state index contributed by atoms with van der Waals surface area (Å²) in [7, 11) is 0. The standard InChI is InChI=1S/C35H58O4/c1-24(11-13-27-25(2)12-14-28-33(27,6)18-10-19-34(28,7)30(36)37)16-22-39-35(8)20-9-17-32(5)21-15-26(23-29(32)35)31(3,4)38/h16,26-29,38H,2,9-15,17-23H2,1,3-8H3,(H,36,37)/b24-16+/t26-,27+,28-,29?,32-,33-,34+,35-/m1/s1. The molecule has 0 aromatic rings. The van der Waals surface area contributed by atoms with Crippen LogP contribution < -0.4 is 0 Å². The summed E-state index contributed by atoms with van der Waals surface area (Å²) in [6.45, 7) is 20.5. The van der Waals surface area contributed by atoms with E-state index in [1.54, 1.807) is 0 Å². The molecule has 4 heteroatoms. The molecule has 0 aromatic carbocycles. The summed E-state index contributed by atoms with van der Waals surface area (Å²) in [5.41, 5.74) is 1.65. The summed E-state index contributed by atoms with van der Waals surface area (Å²) < 4.78 is 6.77. The van der Waals surface area contributed by atoms with Crippen LogP contribution in [0.25, 0.3) is 0 Å². The van der Waals surface area contributed by atoms with Gasteiger partial charge in [-0.05, 0) is 140 Å². The van der Waals surface area contributed by atoms with Crippen LogP contribution in [-0.2, 0) is 9.53 Å². The van der Waals surface area contributed by atoms with Crippen molar-refractivity contribution in [1.82, 2.24) is 0 Å². The number of hydrogen-bond acceptors (Lipinski definition) is 3. The zero-order valence-electron chi connectivity index (χ0n) is 26.2. The first-order valence-electron chi connectivity index (χ1n) is 16.0. The van der Waals surface area contributed by atoms with E-state index in [1.807, 2.05) is 20.8 Å². The lowest BCUT2D eigenvalue weighted by atomic mass is 9.46. The van der Waals surface area contributed by atoms with Crippen LogP contribution in [0.15, 0.2) is 23.8 Å². The fourth-order valence-electron chi connectivity index (χ4n) is 10.1. The molecule has 8 atom stereocenters. The van der Waals surface area contributed by atoms with Gasteiger partial charge in [0.15, 0.2) is 0 Å². The van der Waals surface area contributed by atoms with Crippen molar-refractivity contribution >= 4 is 5.97 Å². The minimum atomic E-state index is -0.630. The molecule has 0 heterocycles. The number of allylic oxidation sites excluding steroid dienone is 2. The predicted octanol–water partition coefficient (Wildman–Crippen LogP) is 8.73. The molecule has 2 N–H and O–H groups in total. The molecule has 4 aliphatic carbocycles. The Morgan fingerprint density at radius 2 is 1.74 bits per heavy atom. The van der Waals surface area contributed by atoms with Gasteiger partial charge in [-0.2, -0.15) is 0 Å². The zero-order chi connectivity index (χ0) is 28.9. The average molecular weight is 543 g/mol. The maximum atomic E-state index is 12.3. The maximum absolute atomic E-state index is 12.3. The Labute approximate surface area is 239 Å². The van der Waals surface area contributed by atoms with Gasteiger partial charge < -0.3 is 14.9 Å². The van der Waals surface area contributed by atoms with E-state index in [0.29, 0.717) is 29.8 Å². The van der Waals surface area contributed by atoms with Crippen LogP contribution in [0.1, 0.15) is 132 Å². The molecular formula is C35H58O4. The lowest BCUT2D eigenvalue weighted by Gasteiger charge is -2.57. The number of aliphatic hydroxyl groups is 1. The minimum absolute atomic E-state index is 0.0234. The Kier molecular flexibility index (Phi) is 8.64. The Balaban J connectivity index is 1.39. The van der Waals surface area contributed by atoms with E-state index in [1.165, 1.54) is 30.4 Å². The van der Waals surface area contributed by atoms with Gasteiger partial charge in [0.05, 0.1) is 23.2 Å². The van der Waals surface area contributed by atoms with E-state index >= 15 is 0 Å². The number of ether oxygens (including phenoxy) is 1. The van der Waals surface area contributed by atoms with Gasteiger partial charge in [-0.25, -0.2) is 0 Å². The molecule has 0 amide bonds. The fraction of sp³-hybridized carbons (Fsp3) is 0.857. The molecule has 0 saturated heterocycles. The van der Waals surface area contributed by atoms with Gasteiger partial charge in [0.2, 0.25) is 0 Å². The fourth-order valence-corrected chi connectivity index (χ4v) is 10.1. The smallest absolute Gasteiger partial charge is 0.309 e. The molecule has 4 aliphatic rings. The summed E-state index contributed by atoms with van der Waals surface area (Å²) in [6, 6.07) is 0. The molecule has 0 spiro atoms. The maximum Gasteiger partial charge on any atom is 0.309 e. The van der Waals surface area contributed by atoms with Crippen molar-refractivity contribution in [2.75, 3.05) is 6.61 Å². The molecule has 0 bridgehead atoms. The van der Waals surface area contributed by atoms with Crippen molar-refractivity contribution in [3.63, 3.8) is 0 Å². The van der Waals surface area contributed by atoms with Crippen LogP contribution in [0, 0.1) is 39.9 Å². The summed E-state index contributed by atoms with van der Waals surface area (Å²) in [5, 5.41) is 20.9. The monoisotopic (exact) mass is 542 g/mol. The third-order valence-corrected chi connectivity index (χ3v) is 12.8. The van der Waals surface area contributed by atoms with Gasteiger partial charge in [-0.15, -0.1) is 0 Å². The Bertz CT molecular complexity index is 960. The van der Waals surface area contributed by atoms with Crippen molar-refractivity contribution in [3.8, 4) is 0 Å². The largest absolute Gasteiger partial charge is 0.481 e. The van der Waals surface area contributed by atoms with E-state index < -0.39 is 17.0 Å². The van der Waals surface area contributed by atoms with Crippen LogP contribution >= 0.6 is 0 Å². The second kappa shape index (κ2) is 10.9. The molecule has 39 heavy (non-hydrogen) atoms. The SMILES string of the molecule is C=C1CC[C@@H]2[C@](C)(CCC[C@]2(C)C(=O)O)[C@H]1CC/C(C)=C/CO[C@]1(C)CCC[C@]2(C)CC[C@@H](C(C)(C)O)CC21. The van der Waals surface area contributed by atoms with Crippen LogP contribution in [0.4, 0.5) is 0 Å². The second-order valence-electron chi connectivity index (χ2n) is 15.8. The number of carboxylic acids is 1. The zero-order valence-corrected chi connectivity index (χ0v) is 26.2. The summed E-state index contributed by atoms with van der Waals surface area (Å²) in [6.07, 6.45) is 16.1. The van der Waals surface area contributed by atoms with E-state index in [0.717, 1.165) is 64.2 Å². The Morgan fingerprint density at radius 3 is 2.41 bits per heavy atom. The lowest BCUT2D eigenvalue weighted by molar-refractivity contribution is -0.166. The molecule has 4 nitrogen and oxygen atoms in total. The van der Waals surface area contributed by atoms with Crippen molar-refractivity contribution in [1.29, 1.82) is 0 Å². The van der Waals surface area contributed by atoms with Gasteiger partial charge in [-0.1, -0.05) is 50.5 Å². The van der Waals surface area contributed by atoms with Crippen molar-refractivity contribution in [2.45, 2.75) is 143 Å². The van der Waals surface area contributed by atoms with Gasteiger partial charge >= 0.3 is 5.97 Å². The summed E-state index contributed by atoms with van der Waals surface area (Å²) in [5.74, 6) is 0.817. The number of carboxylic acid groups (broad SMARTS) is 1. The van der Waals surface area contributed by atoms with E-state index in [9.17, 15) is 15.0 Å². The molecule has 0 aromatic heterocycles. The first-order valence-corrected chi connectivity index (χ1v) is 16.0. The molecule has 0 aliphatic heterocycles. The van der Waals surface area contributed by atoms with Crippen molar-refractivity contribution < 1.29 is 19.7 Å². The molecule has 4 rings (SSSR count). The van der Waals surface area contributed by atoms with E-state index in [4.69, 9.17) is 4.74 Å². The Hall–Kier alpha value is -1.13. The molecular weight excluding hydrogens is 484 g/mol. The third kappa shape index (κ3) is 5.81. The summed E-state index contributed by atoms with van der Waals surface area (Å²) in [4.78, 5) is 12.3. The minimum Gasteiger partial charge on any atom is -0.481 e. The van der Waals surface area contributed by atoms with Crippen molar-refractivity contribution in [2.24, 2.45) is 39.9 Å². The quantitative estimate of drug-likeness (QED) is 0.301. The highest BCUT2D eigenvalue weighted by Gasteiger charge is 2.57. The average Bonchev–Trinajstić information content (AvgIpc) is 2.82. The lowest BCUT2D eigenvalue weighted by Crippen LogP contribution is -2.54. The molecule has 4 fully saturated rings. The van der Waals surface area contributed by atoms with Crippen LogP contribution in [0.5, 0.6) is 0 Å². The van der Waals surface area contributed by atoms with E-state index in [-0.39, 0.29) is 16.9 Å².